The zero-order valence-electron chi connectivity index (χ0n) is 19.0. The number of rotatable bonds is 4. The minimum Gasteiger partial charge on any atom is -0.393 e. The fourth-order valence-corrected chi connectivity index (χ4v) is 8.17. The summed E-state index contributed by atoms with van der Waals surface area (Å²) in [6, 6.07) is 0. The largest absolute Gasteiger partial charge is 0.393 e. The average molecular weight is 386 g/mol. The Balaban J connectivity index is 1.53. The van der Waals surface area contributed by atoms with E-state index in [2.05, 4.69) is 58.0 Å². The highest BCUT2D eigenvalue weighted by Crippen LogP contribution is 2.67. The zero-order valence-corrected chi connectivity index (χ0v) is 19.0. The second-order valence-corrected chi connectivity index (χ2v) is 11.4. The first kappa shape index (κ1) is 20.7. The second kappa shape index (κ2) is 7.58. The first-order valence-electron chi connectivity index (χ1n) is 11.9. The van der Waals surface area contributed by atoms with E-state index in [-0.39, 0.29) is 6.10 Å². The minimum atomic E-state index is -0.0876. The van der Waals surface area contributed by atoms with Gasteiger partial charge in [0.2, 0.25) is 0 Å². The molecule has 4 aliphatic rings. The molecule has 0 radical (unpaired) electrons. The number of hydrogen-bond donors (Lipinski definition) is 1. The van der Waals surface area contributed by atoms with Gasteiger partial charge in [0, 0.05) is 6.54 Å². The molecule has 2 heteroatoms. The van der Waals surface area contributed by atoms with Crippen molar-refractivity contribution in [3.63, 3.8) is 0 Å². The molecule has 0 aromatic heterocycles. The van der Waals surface area contributed by atoms with Crippen molar-refractivity contribution in [1.82, 2.24) is 4.90 Å². The van der Waals surface area contributed by atoms with Gasteiger partial charge in [-0.1, -0.05) is 44.6 Å². The number of likely N-dealkylation sites (N-methyl/N-ethyl adjacent to an activating group) is 1. The average Bonchev–Trinajstić information content (AvgIpc) is 2.99. The van der Waals surface area contributed by atoms with E-state index in [0.717, 1.165) is 43.1 Å². The molecule has 0 unspecified atom stereocenters. The minimum absolute atomic E-state index is 0.0876. The number of aliphatic hydroxyl groups is 1. The molecule has 4 rings (SSSR count). The van der Waals surface area contributed by atoms with Crippen LogP contribution in [0.1, 0.15) is 72.1 Å². The molecule has 0 heterocycles. The Morgan fingerprint density at radius 1 is 1.14 bits per heavy atom. The van der Waals surface area contributed by atoms with E-state index in [9.17, 15) is 5.11 Å². The molecule has 0 bridgehead atoms. The van der Waals surface area contributed by atoms with Crippen LogP contribution in [0.25, 0.3) is 0 Å². The third-order valence-electron chi connectivity index (χ3n) is 9.70. The van der Waals surface area contributed by atoms with Crippen molar-refractivity contribution in [3.05, 3.63) is 23.8 Å². The molecule has 4 aliphatic carbocycles. The van der Waals surface area contributed by atoms with E-state index in [1.807, 2.05) is 0 Å². The Morgan fingerprint density at radius 2 is 1.93 bits per heavy atom. The van der Waals surface area contributed by atoms with E-state index in [0.29, 0.717) is 16.7 Å². The molecule has 28 heavy (non-hydrogen) atoms. The van der Waals surface area contributed by atoms with Crippen molar-refractivity contribution in [2.24, 2.45) is 40.4 Å². The monoisotopic (exact) mass is 385 g/mol. The van der Waals surface area contributed by atoms with Crippen molar-refractivity contribution in [3.8, 4) is 0 Å². The Morgan fingerprint density at radius 3 is 2.68 bits per heavy atom. The Hall–Kier alpha value is -0.600. The normalized spacial score (nSPS) is 46.8. The smallest absolute Gasteiger partial charge is 0.0577 e. The first-order valence-corrected chi connectivity index (χ1v) is 11.9. The van der Waals surface area contributed by atoms with Crippen LogP contribution in [0, 0.1) is 40.4 Å². The highest BCUT2D eigenvalue weighted by atomic mass is 16.3. The van der Waals surface area contributed by atoms with Gasteiger partial charge in [0.25, 0.3) is 0 Å². The fourth-order valence-electron chi connectivity index (χ4n) is 8.17. The van der Waals surface area contributed by atoms with Crippen LogP contribution >= 0.6 is 0 Å². The van der Waals surface area contributed by atoms with E-state index in [1.165, 1.54) is 38.5 Å². The molecule has 3 fully saturated rings. The third-order valence-corrected chi connectivity index (χ3v) is 9.70. The number of fused-ring (bicyclic) bond motifs is 5. The molecule has 158 valence electrons. The van der Waals surface area contributed by atoms with Crippen LogP contribution in [0.3, 0.4) is 0 Å². The molecule has 8 atom stereocenters. The van der Waals surface area contributed by atoms with E-state index >= 15 is 0 Å². The lowest BCUT2D eigenvalue weighted by molar-refractivity contribution is -0.0540. The molecule has 1 N–H and O–H groups in total. The summed E-state index contributed by atoms with van der Waals surface area (Å²) in [4.78, 5) is 2.25. The zero-order chi connectivity index (χ0) is 20.1. The number of allylic oxidation sites excluding steroid dienone is 2. The van der Waals surface area contributed by atoms with Gasteiger partial charge in [-0.15, -0.1) is 0 Å². The summed E-state index contributed by atoms with van der Waals surface area (Å²) in [5, 5.41) is 10.2. The lowest BCUT2D eigenvalue weighted by atomic mass is 9.47. The van der Waals surface area contributed by atoms with E-state index in [4.69, 9.17) is 0 Å². The van der Waals surface area contributed by atoms with Gasteiger partial charge in [0.15, 0.2) is 0 Å². The summed E-state index contributed by atoms with van der Waals surface area (Å²) in [5.41, 5.74) is 2.50. The van der Waals surface area contributed by atoms with Gasteiger partial charge in [-0.25, -0.2) is 0 Å². The van der Waals surface area contributed by atoms with E-state index in [1.54, 1.807) is 5.57 Å². The van der Waals surface area contributed by atoms with Crippen LogP contribution in [0.5, 0.6) is 0 Å². The van der Waals surface area contributed by atoms with Crippen molar-refractivity contribution < 1.29 is 5.11 Å². The van der Waals surface area contributed by atoms with Crippen molar-refractivity contribution in [2.45, 2.75) is 78.2 Å². The molecule has 2 nitrogen and oxygen atoms in total. The number of nitrogens with zero attached hydrogens (tertiary/aromatic N) is 1. The maximum Gasteiger partial charge on any atom is 0.0577 e. The SMILES string of the molecule is C[C@H](C=CCN(C)C)[C@H]1CC[C@H]2[C@@H]3CC=C4C[C@@H](O)CC[C@]4(C)[C@H]3CC[C@]12C. The molecule has 3 saturated carbocycles. The quantitative estimate of drug-likeness (QED) is 0.629. The maximum atomic E-state index is 10.2. The fraction of sp³-hybridized carbons (Fsp3) is 0.846. The molecule has 0 aromatic carbocycles. The van der Waals surface area contributed by atoms with Crippen molar-refractivity contribution >= 4 is 0 Å². The van der Waals surface area contributed by atoms with Gasteiger partial charge in [-0.05, 0) is 106 Å². The topological polar surface area (TPSA) is 23.5 Å². The molecular weight excluding hydrogens is 342 g/mol. The summed E-state index contributed by atoms with van der Waals surface area (Å²) >= 11 is 0. The third kappa shape index (κ3) is 3.33. The highest BCUT2D eigenvalue weighted by molar-refractivity contribution is 5.25. The van der Waals surface area contributed by atoms with Crippen molar-refractivity contribution in [2.75, 3.05) is 20.6 Å². The number of aliphatic hydroxyl groups excluding tert-OH is 1. The van der Waals surface area contributed by atoms with Crippen LogP contribution in [0.2, 0.25) is 0 Å². The van der Waals surface area contributed by atoms with Gasteiger partial charge in [-0.3, -0.25) is 0 Å². The van der Waals surface area contributed by atoms with E-state index < -0.39 is 0 Å². The lowest BCUT2D eigenvalue weighted by Gasteiger charge is -2.58. The predicted molar refractivity (Wildman–Crippen MR) is 118 cm³/mol. The molecular formula is C26H43NO. The number of hydrogen-bond acceptors (Lipinski definition) is 2. The van der Waals surface area contributed by atoms with Gasteiger partial charge >= 0.3 is 0 Å². The lowest BCUT2D eigenvalue weighted by Crippen LogP contribution is -2.50. The van der Waals surface area contributed by atoms with Gasteiger partial charge < -0.3 is 10.0 Å². The summed E-state index contributed by atoms with van der Waals surface area (Å²) in [7, 11) is 4.30. The molecule has 0 saturated heterocycles. The second-order valence-electron chi connectivity index (χ2n) is 11.4. The molecule has 0 spiro atoms. The summed E-state index contributed by atoms with van der Waals surface area (Å²) in [6.07, 6.45) is 17.5. The Bertz CT molecular complexity index is 636. The van der Waals surface area contributed by atoms with Crippen LogP contribution < -0.4 is 0 Å². The summed E-state index contributed by atoms with van der Waals surface area (Å²) < 4.78 is 0. The first-order chi connectivity index (χ1) is 13.3. The maximum absolute atomic E-state index is 10.2. The standard InChI is InChI=1S/C26H43NO/c1-18(7-6-16-27(4)5)22-10-11-23-21-9-8-19-17-20(28)12-14-25(19,2)24(21)13-15-26(22,23)3/h6-8,18,20-24,28H,9-17H2,1-5H3/t18-,20+,21+,22-,23+,24+,25+,26-/m1/s1. The van der Waals surface area contributed by atoms with Crippen LogP contribution in [-0.2, 0) is 0 Å². The van der Waals surface area contributed by atoms with Crippen LogP contribution in [0.15, 0.2) is 23.8 Å². The predicted octanol–water partition coefficient (Wildman–Crippen LogP) is 5.68. The summed E-state index contributed by atoms with van der Waals surface area (Å²) in [6.45, 7) is 8.72. The van der Waals surface area contributed by atoms with Crippen LogP contribution in [-0.4, -0.2) is 36.8 Å². The molecule has 0 amide bonds. The van der Waals surface area contributed by atoms with Gasteiger partial charge in [-0.2, -0.15) is 0 Å². The Kier molecular flexibility index (Phi) is 5.59. The molecule has 0 aromatic rings. The Labute approximate surface area is 173 Å². The summed E-state index contributed by atoms with van der Waals surface area (Å²) in [5.74, 6) is 4.19. The molecule has 0 aliphatic heterocycles. The van der Waals surface area contributed by atoms with Crippen molar-refractivity contribution in [1.29, 1.82) is 0 Å². The van der Waals surface area contributed by atoms with Gasteiger partial charge in [0.05, 0.1) is 6.10 Å². The van der Waals surface area contributed by atoms with Crippen LogP contribution in [0.4, 0.5) is 0 Å². The van der Waals surface area contributed by atoms with Gasteiger partial charge in [0.1, 0.15) is 0 Å². The highest BCUT2D eigenvalue weighted by Gasteiger charge is 2.58.